The van der Waals surface area contributed by atoms with E-state index in [4.69, 9.17) is 4.74 Å². The molecule has 0 bridgehead atoms. The van der Waals surface area contributed by atoms with Crippen LogP contribution in [0, 0.1) is 0 Å². The number of aromatic nitrogens is 2. The fourth-order valence-electron chi connectivity index (χ4n) is 0.992. The molecule has 1 aromatic rings. The van der Waals surface area contributed by atoms with E-state index in [0.717, 1.165) is 24.0 Å². The Balaban J connectivity index is 2.42. The lowest BCUT2D eigenvalue weighted by molar-refractivity contribution is 0.117. The minimum atomic E-state index is 0.0288. The monoisotopic (exact) mass is 229 g/mol. The zero-order valence-electron chi connectivity index (χ0n) is 9.83. The number of hydrogen-bond donors (Lipinski definition) is 1. The zero-order chi connectivity index (χ0) is 11.3. The Hall–Kier alpha value is -0.680. The number of ether oxygens (including phenoxy) is 1. The Labute approximate surface area is 95.2 Å². The molecule has 15 heavy (non-hydrogen) atoms. The van der Waals surface area contributed by atoms with Crippen molar-refractivity contribution in [2.75, 3.05) is 11.9 Å². The number of nitrogens with one attached hydrogen (secondary N) is 1. The van der Waals surface area contributed by atoms with E-state index in [1.165, 1.54) is 11.5 Å². The summed E-state index contributed by atoms with van der Waals surface area (Å²) in [5.41, 5.74) is 0.0288. The van der Waals surface area contributed by atoms with Crippen LogP contribution in [0.1, 0.15) is 39.9 Å². The molecule has 4 nitrogen and oxygen atoms in total. The highest BCUT2D eigenvalue weighted by Gasteiger charge is 2.12. The van der Waals surface area contributed by atoms with Gasteiger partial charge in [0.15, 0.2) is 5.82 Å². The van der Waals surface area contributed by atoms with Gasteiger partial charge in [0.1, 0.15) is 6.61 Å². The third-order valence-electron chi connectivity index (χ3n) is 1.53. The maximum absolute atomic E-state index is 5.37. The summed E-state index contributed by atoms with van der Waals surface area (Å²) >= 11 is 1.38. The molecule has 5 heteroatoms. The van der Waals surface area contributed by atoms with E-state index in [2.05, 4.69) is 42.4 Å². The van der Waals surface area contributed by atoms with Crippen molar-refractivity contribution in [3.05, 3.63) is 5.82 Å². The fourth-order valence-corrected chi connectivity index (χ4v) is 1.78. The summed E-state index contributed by atoms with van der Waals surface area (Å²) in [6.07, 6.45) is 1.03. The van der Waals surface area contributed by atoms with E-state index >= 15 is 0 Å². The van der Waals surface area contributed by atoms with Crippen molar-refractivity contribution in [2.24, 2.45) is 0 Å². The molecular weight excluding hydrogens is 210 g/mol. The van der Waals surface area contributed by atoms with Crippen LogP contribution in [0.5, 0.6) is 0 Å². The number of rotatable bonds is 5. The molecule has 1 heterocycles. The largest absolute Gasteiger partial charge is 0.373 e. The van der Waals surface area contributed by atoms with Gasteiger partial charge in [-0.25, -0.2) is 4.98 Å². The van der Waals surface area contributed by atoms with Gasteiger partial charge in [-0.1, -0.05) is 6.92 Å². The normalized spacial score (nSPS) is 11.7. The molecule has 0 aliphatic rings. The maximum atomic E-state index is 5.37. The van der Waals surface area contributed by atoms with Crippen molar-refractivity contribution >= 4 is 16.7 Å². The molecule has 0 saturated carbocycles. The van der Waals surface area contributed by atoms with E-state index in [9.17, 15) is 0 Å². The summed E-state index contributed by atoms with van der Waals surface area (Å²) in [7, 11) is 0. The van der Waals surface area contributed by atoms with Gasteiger partial charge >= 0.3 is 0 Å². The molecule has 0 spiro atoms. The first-order chi connectivity index (χ1) is 7.01. The molecule has 1 aromatic heterocycles. The molecule has 0 aliphatic heterocycles. The van der Waals surface area contributed by atoms with Gasteiger partial charge in [0.05, 0.1) is 0 Å². The van der Waals surface area contributed by atoms with Gasteiger partial charge in [-0.05, 0) is 27.2 Å². The third kappa shape index (κ3) is 5.09. The van der Waals surface area contributed by atoms with Gasteiger partial charge in [-0.3, -0.25) is 0 Å². The van der Waals surface area contributed by atoms with E-state index in [-0.39, 0.29) is 5.54 Å². The van der Waals surface area contributed by atoms with Gasteiger partial charge in [-0.15, -0.1) is 0 Å². The van der Waals surface area contributed by atoms with Crippen molar-refractivity contribution in [1.82, 2.24) is 9.36 Å². The van der Waals surface area contributed by atoms with E-state index in [1.807, 2.05) is 0 Å². The number of anilines is 1. The summed E-state index contributed by atoms with van der Waals surface area (Å²) in [5.74, 6) is 0.764. The minimum absolute atomic E-state index is 0.0288. The Kier molecular flexibility index (Phi) is 4.47. The fraction of sp³-hybridized carbons (Fsp3) is 0.800. The molecule has 0 atom stereocenters. The molecule has 0 aromatic carbocycles. The van der Waals surface area contributed by atoms with Crippen molar-refractivity contribution in [2.45, 2.75) is 46.3 Å². The van der Waals surface area contributed by atoms with Crippen LogP contribution in [-0.2, 0) is 11.3 Å². The van der Waals surface area contributed by atoms with Crippen LogP contribution in [0.3, 0.4) is 0 Å². The molecule has 0 amide bonds. The van der Waals surface area contributed by atoms with E-state index in [1.54, 1.807) is 0 Å². The van der Waals surface area contributed by atoms with Crippen LogP contribution >= 0.6 is 11.5 Å². The number of nitrogens with zero attached hydrogens (tertiary/aromatic N) is 2. The highest BCUT2D eigenvalue weighted by molar-refractivity contribution is 7.09. The molecule has 1 rings (SSSR count). The molecule has 0 saturated heterocycles. The summed E-state index contributed by atoms with van der Waals surface area (Å²) in [6, 6.07) is 0. The van der Waals surface area contributed by atoms with Gasteiger partial charge in [0, 0.05) is 23.7 Å². The Morgan fingerprint density at radius 2 is 2.13 bits per heavy atom. The van der Waals surface area contributed by atoms with Crippen molar-refractivity contribution in [1.29, 1.82) is 0 Å². The molecular formula is C10H19N3OS. The summed E-state index contributed by atoms with van der Waals surface area (Å²) < 4.78 is 9.58. The topological polar surface area (TPSA) is 47.0 Å². The first kappa shape index (κ1) is 12.4. The van der Waals surface area contributed by atoms with Gasteiger partial charge in [0.2, 0.25) is 5.13 Å². The second kappa shape index (κ2) is 5.42. The predicted molar refractivity (Wildman–Crippen MR) is 63.2 cm³/mol. The smallest absolute Gasteiger partial charge is 0.203 e. The average molecular weight is 229 g/mol. The highest BCUT2D eigenvalue weighted by atomic mass is 32.1. The molecule has 0 aliphatic carbocycles. The molecule has 0 fully saturated rings. The molecule has 0 unspecified atom stereocenters. The zero-order valence-corrected chi connectivity index (χ0v) is 10.6. The third-order valence-corrected chi connectivity index (χ3v) is 2.20. The molecule has 86 valence electrons. The van der Waals surface area contributed by atoms with Gasteiger partial charge in [-0.2, -0.15) is 4.37 Å². The second-order valence-corrected chi connectivity index (χ2v) is 5.20. The summed E-state index contributed by atoms with van der Waals surface area (Å²) in [5, 5.41) is 4.14. The highest BCUT2D eigenvalue weighted by Crippen LogP contribution is 2.16. The molecule has 0 radical (unpaired) electrons. The van der Waals surface area contributed by atoms with E-state index in [0.29, 0.717) is 6.61 Å². The van der Waals surface area contributed by atoms with Crippen LogP contribution in [-0.4, -0.2) is 21.5 Å². The predicted octanol–water partition coefficient (Wildman–Crippen LogP) is 2.68. The van der Waals surface area contributed by atoms with Crippen molar-refractivity contribution in [3.8, 4) is 0 Å². The van der Waals surface area contributed by atoms with Crippen LogP contribution in [0.15, 0.2) is 0 Å². The van der Waals surface area contributed by atoms with E-state index < -0.39 is 0 Å². The van der Waals surface area contributed by atoms with Gasteiger partial charge < -0.3 is 10.1 Å². The van der Waals surface area contributed by atoms with Gasteiger partial charge in [0.25, 0.3) is 0 Å². The lowest BCUT2D eigenvalue weighted by atomic mass is 10.1. The Morgan fingerprint density at radius 3 is 2.73 bits per heavy atom. The van der Waals surface area contributed by atoms with Crippen LogP contribution in [0.4, 0.5) is 5.13 Å². The quantitative estimate of drug-likeness (QED) is 0.789. The standard InChI is InChI=1S/C10H19N3OS/c1-5-6-14-7-8-11-9(15-13-8)12-10(2,3)4/h5-7H2,1-4H3,(H,11,12,13). The summed E-state index contributed by atoms with van der Waals surface area (Å²) in [6.45, 7) is 9.66. The minimum Gasteiger partial charge on any atom is -0.373 e. The SMILES string of the molecule is CCCOCc1nsc(NC(C)(C)C)n1. The molecule has 1 N–H and O–H groups in total. The Bertz CT molecular complexity index is 293. The maximum Gasteiger partial charge on any atom is 0.203 e. The second-order valence-electron chi connectivity index (χ2n) is 4.44. The van der Waals surface area contributed by atoms with Crippen LogP contribution in [0.25, 0.3) is 0 Å². The van der Waals surface area contributed by atoms with Crippen molar-refractivity contribution in [3.63, 3.8) is 0 Å². The first-order valence-electron chi connectivity index (χ1n) is 5.20. The average Bonchev–Trinajstić information content (AvgIpc) is 2.50. The number of hydrogen-bond acceptors (Lipinski definition) is 5. The first-order valence-corrected chi connectivity index (χ1v) is 5.97. The Morgan fingerprint density at radius 1 is 1.40 bits per heavy atom. The van der Waals surface area contributed by atoms with Crippen LogP contribution < -0.4 is 5.32 Å². The summed E-state index contributed by atoms with van der Waals surface area (Å²) in [4.78, 5) is 4.34. The van der Waals surface area contributed by atoms with Crippen molar-refractivity contribution < 1.29 is 4.74 Å². The lowest BCUT2D eigenvalue weighted by Gasteiger charge is -2.18. The lowest BCUT2D eigenvalue weighted by Crippen LogP contribution is -2.25. The van der Waals surface area contributed by atoms with Crippen LogP contribution in [0.2, 0.25) is 0 Å².